The Morgan fingerprint density at radius 1 is 1.32 bits per heavy atom. The summed E-state index contributed by atoms with van der Waals surface area (Å²) >= 11 is 0. The molecule has 19 heavy (non-hydrogen) atoms. The predicted octanol–water partition coefficient (Wildman–Crippen LogP) is 1.78. The van der Waals surface area contributed by atoms with Gasteiger partial charge in [0.15, 0.2) is 11.5 Å². The first-order valence-corrected chi connectivity index (χ1v) is 6.46. The van der Waals surface area contributed by atoms with Crippen LogP contribution in [0.1, 0.15) is 31.4 Å². The maximum atomic E-state index is 5.86. The van der Waals surface area contributed by atoms with E-state index in [1.807, 2.05) is 18.2 Å². The molecule has 1 aliphatic rings. The van der Waals surface area contributed by atoms with E-state index >= 15 is 0 Å². The Kier molecular flexibility index (Phi) is 4.29. The Morgan fingerprint density at radius 2 is 2.05 bits per heavy atom. The molecule has 1 aliphatic heterocycles. The molecule has 2 unspecified atom stereocenters. The second-order valence-corrected chi connectivity index (χ2v) is 4.98. The lowest BCUT2D eigenvalue weighted by Crippen LogP contribution is -2.44. The minimum Gasteiger partial charge on any atom is -0.493 e. The molecule has 1 aromatic carbocycles. The maximum absolute atomic E-state index is 5.86. The third kappa shape index (κ3) is 2.68. The van der Waals surface area contributed by atoms with Gasteiger partial charge in [-0.2, -0.15) is 0 Å². The number of ether oxygens (including phenoxy) is 3. The molecule has 1 fully saturated rings. The molecule has 106 valence electrons. The van der Waals surface area contributed by atoms with Gasteiger partial charge in [0.2, 0.25) is 0 Å². The van der Waals surface area contributed by atoms with Crippen LogP contribution in [-0.4, -0.2) is 26.4 Å². The lowest BCUT2D eigenvalue weighted by atomic mass is 9.88. The van der Waals surface area contributed by atoms with Gasteiger partial charge in [0.05, 0.1) is 25.9 Å². The van der Waals surface area contributed by atoms with E-state index in [0.29, 0.717) is 11.5 Å². The molecule has 0 bridgehead atoms. The first kappa shape index (κ1) is 14.1. The van der Waals surface area contributed by atoms with Gasteiger partial charge in [-0.3, -0.25) is 11.3 Å². The van der Waals surface area contributed by atoms with Crippen LogP contribution in [0.4, 0.5) is 0 Å². The molecule has 0 aromatic heterocycles. The molecule has 1 saturated heterocycles. The Balaban J connectivity index is 2.33. The molecule has 0 aliphatic carbocycles. The fraction of sp³-hybridized carbons (Fsp3) is 0.571. The van der Waals surface area contributed by atoms with Crippen molar-refractivity contribution in [2.24, 2.45) is 5.84 Å². The van der Waals surface area contributed by atoms with Gasteiger partial charge in [-0.25, -0.2) is 0 Å². The number of hydrazine groups is 1. The summed E-state index contributed by atoms with van der Waals surface area (Å²) in [7, 11) is 3.25. The number of hydrogen-bond donors (Lipinski definition) is 2. The molecule has 0 amide bonds. The number of rotatable bonds is 5. The van der Waals surface area contributed by atoms with E-state index in [4.69, 9.17) is 20.1 Å². The Morgan fingerprint density at radius 3 is 2.58 bits per heavy atom. The molecule has 0 radical (unpaired) electrons. The van der Waals surface area contributed by atoms with E-state index in [9.17, 15) is 0 Å². The molecule has 5 heteroatoms. The zero-order chi connectivity index (χ0) is 13.9. The fourth-order valence-electron chi connectivity index (χ4n) is 2.69. The molecule has 2 atom stereocenters. The van der Waals surface area contributed by atoms with Crippen molar-refractivity contribution in [3.8, 4) is 11.5 Å². The van der Waals surface area contributed by atoms with Crippen molar-refractivity contribution in [3.63, 3.8) is 0 Å². The molecule has 2 rings (SSSR count). The van der Waals surface area contributed by atoms with Crippen LogP contribution in [0.3, 0.4) is 0 Å². The summed E-state index contributed by atoms with van der Waals surface area (Å²) < 4.78 is 16.4. The van der Waals surface area contributed by atoms with Crippen molar-refractivity contribution in [1.29, 1.82) is 0 Å². The molecule has 0 saturated carbocycles. The van der Waals surface area contributed by atoms with Crippen LogP contribution in [0, 0.1) is 0 Å². The highest BCUT2D eigenvalue weighted by Gasteiger charge is 2.39. The number of nitrogens with two attached hydrogens (primary N) is 1. The molecule has 1 heterocycles. The number of methoxy groups -OCH3 is 2. The Bertz CT molecular complexity index is 431. The minimum absolute atomic E-state index is 0.0743. The molecule has 3 N–H and O–H groups in total. The SMILES string of the molecule is COc1ccc(C(NN)C2(C)CCCO2)cc1OC. The predicted molar refractivity (Wildman–Crippen MR) is 73.2 cm³/mol. The van der Waals surface area contributed by atoms with E-state index < -0.39 is 0 Å². The van der Waals surface area contributed by atoms with Crippen molar-refractivity contribution < 1.29 is 14.2 Å². The van der Waals surface area contributed by atoms with Gasteiger partial charge in [0, 0.05) is 6.61 Å². The summed E-state index contributed by atoms with van der Waals surface area (Å²) in [6.45, 7) is 2.86. The number of nitrogens with one attached hydrogen (secondary N) is 1. The smallest absolute Gasteiger partial charge is 0.161 e. The first-order valence-electron chi connectivity index (χ1n) is 6.46. The Hall–Kier alpha value is -1.30. The van der Waals surface area contributed by atoms with Crippen LogP contribution < -0.4 is 20.7 Å². The summed E-state index contributed by atoms with van der Waals surface area (Å²) in [5.41, 5.74) is 3.62. The van der Waals surface area contributed by atoms with Gasteiger partial charge in [-0.1, -0.05) is 6.07 Å². The van der Waals surface area contributed by atoms with Crippen molar-refractivity contribution in [1.82, 2.24) is 5.43 Å². The normalized spacial score (nSPS) is 24.2. The highest BCUT2D eigenvalue weighted by atomic mass is 16.5. The standard InChI is InChI=1S/C14H22N2O3/c1-14(7-4-8-19-14)13(16-15)10-5-6-11(17-2)12(9-10)18-3/h5-6,9,13,16H,4,7-8,15H2,1-3H3. The highest BCUT2D eigenvalue weighted by molar-refractivity contribution is 5.44. The van der Waals surface area contributed by atoms with Gasteiger partial charge in [-0.05, 0) is 37.5 Å². The van der Waals surface area contributed by atoms with Crippen LogP contribution in [0.5, 0.6) is 11.5 Å². The third-order valence-electron chi connectivity index (χ3n) is 3.77. The third-order valence-corrected chi connectivity index (χ3v) is 3.77. The van der Waals surface area contributed by atoms with Crippen molar-refractivity contribution in [2.75, 3.05) is 20.8 Å². The second-order valence-electron chi connectivity index (χ2n) is 4.98. The topological polar surface area (TPSA) is 65.7 Å². The average Bonchev–Trinajstić information content (AvgIpc) is 2.86. The Labute approximate surface area is 114 Å². The van der Waals surface area contributed by atoms with Crippen molar-refractivity contribution in [2.45, 2.75) is 31.4 Å². The van der Waals surface area contributed by atoms with E-state index in [-0.39, 0.29) is 11.6 Å². The molecule has 0 spiro atoms. The van der Waals surface area contributed by atoms with Gasteiger partial charge >= 0.3 is 0 Å². The number of benzene rings is 1. The molecular weight excluding hydrogens is 244 g/mol. The van der Waals surface area contributed by atoms with E-state index in [1.54, 1.807) is 14.2 Å². The van der Waals surface area contributed by atoms with Crippen LogP contribution >= 0.6 is 0 Å². The minimum atomic E-state index is -0.283. The van der Waals surface area contributed by atoms with E-state index in [1.165, 1.54) is 0 Å². The first-order chi connectivity index (χ1) is 9.14. The fourth-order valence-corrected chi connectivity index (χ4v) is 2.69. The van der Waals surface area contributed by atoms with Gasteiger partial charge < -0.3 is 14.2 Å². The lowest BCUT2D eigenvalue weighted by molar-refractivity contribution is -0.0126. The summed E-state index contributed by atoms with van der Waals surface area (Å²) in [6.07, 6.45) is 2.04. The van der Waals surface area contributed by atoms with E-state index in [0.717, 1.165) is 25.0 Å². The van der Waals surface area contributed by atoms with Crippen LogP contribution in [0.2, 0.25) is 0 Å². The maximum Gasteiger partial charge on any atom is 0.161 e. The highest BCUT2D eigenvalue weighted by Crippen LogP contribution is 2.39. The summed E-state index contributed by atoms with van der Waals surface area (Å²) in [5.74, 6) is 7.13. The van der Waals surface area contributed by atoms with Gasteiger partial charge in [0.1, 0.15) is 0 Å². The molecule has 5 nitrogen and oxygen atoms in total. The molecular formula is C14H22N2O3. The van der Waals surface area contributed by atoms with Gasteiger partial charge in [0.25, 0.3) is 0 Å². The zero-order valence-electron chi connectivity index (χ0n) is 11.7. The van der Waals surface area contributed by atoms with Crippen molar-refractivity contribution in [3.05, 3.63) is 23.8 Å². The monoisotopic (exact) mass is 266 g/mol. The summed E-state index contributed by atoms with van der Waals surface area (Å²) in [4.78, 5) is 0. The summed E-state index contributed by atoms with van der Waals surface area (Å²) in [5, 5.41) is 0. The van der Waals surface area contributed by atoms with Crippen molar-refractivity contribution >= 4 is 0 Å². The second kappa shape index (κ2) is 5.77. The largest absolute Gasteiger partial charge is 0.493 e. The van der Waals surface area contributed by atoms with Crippen LogP contribution in [0.25, 0.3) is 0 Å². The lowest BCUT2D eigenvalue weighted by Gasteiger charge is -2.33. The summed E-state index contributed by atoms with van der Waals surface area (Å²) in [6, 6.07) is 5.74. The van der Waals surface area contributed by atoms with E-state index in [2.05, 4.69) is 12.3 Å². The average molecular weight is 266 g/mol. The quantitative estimate of drug-likeness (QED) is 0.628. The zero-order valence-corrected chi connectivity index (χ0v) is 11.7. The number of hydrogen-bond acceptors (Lipinski definition) is 5. The van der Waals surface area contributed by atoms with Crippen LogP contribution in [-0.2, 0) is 4.74 Å². The van der Waals surface area contributed by atoms with Crippen LogP contribution in [0.15, 0.2) is 18.2 Å². The van der Waals surface area contributed by atoms with Gasteiger partial charge in [-0.15, -0.1) is 0 Å². The molecule has 1 aromatic rings.